The molecule has 2 nitrogen and oxygen atoms in total. The van der Waals surface area contributed by atoms with Crippen molar-refractivity contribution in [3.05, 3.63) is 71.0 Å². The van der Waals surface area contributed by atoms with Crippen LogP contribution in [0.3, 0.4) is 0 Å². The van der Waals surface area contributed by atoms with Crippen molar-refractivity contribution in [1.29, 1.82) is 0 Å². The van der Waals surface area contributed by atoms with Gasteiger partial charge >= 0.3 is 0 Å². The van der Waals surface area contributed by atoms with Crippen molar-refractivity contribution < 1.29 is 0 Å². The van der Waals surface area contributed by atoms with E-state index in [0.29, 0.717) is 11.0 Å². The average molecular weight is 299 g/mol. The zero-order valence-electron chi connectivity index (χ0n) is 12.5. The molecule has 0 radical (unpaired) electrons. The van der Waals surface area contributed by atoms with Crippen molar-refractivity contribution >= 4 is 11.6 Å². The summed E-state index contributed by atoms with van der Waals surface area (Å²) in [5, 5.41) is 0.474. The molecule has 0 aliphatic carbocycles. The summed E-state index contributed by atoms with van der Waals surface area (Å²) in [6, 6.07) is 11.7. The van der Waals surface area contributed by atoms with Crippen molar-refractivity contribution in [2.45, 2.75) is 26.7 Å². The van der Waals surface area contributed by atoms with Crippen LogP contribution in [0, 0.1) is 0 Å². The largest absolute Gasteiger partial charge is 0.232 e. The molecular formula is C18H19ClN2. The first-order chi connectivity index (χ1) is 10.1. The average Bonchev–Trinajstić information content (AvgIpc) is 2.52. The van der Waals surface area contributed by atoms with E-state index in [0.717, 1.165) is 11.3 Å². The Balaban J connectivity index is 2.33. The van der Waals surface area contributed by atoms with Gasteiger partial charge in [-0.25, -0.2) is 9.97 Å². The molecule has 0 N–H and O–H groups in total. The highest BCUT2D eigenvalue weighted by Gasteiger charge is 2.09. The molecule has 1 aromatic heterocycles. The molecule has 0 aliphatic heterocycles. The second-order valence-corrected chi connectivity index (χ2v) is 5.37. The third kappa shape index (κ3) is 4.27. The predicted molar refractivity (Wildman–Crippen MR) is 89.5 cm³/mol. The predicted octanol–water partition coefficient (Wildman–Crippen LogP) is 5.42. The van der Waals surface area contributed by atoms with Gasteiger partial charge in [-0.15, -0.1) is 0 Å². The second kappa shape index (κ2) is 7.19. The van der Waals surface area contributed by atoms with Crippen LogP contribution in [-0.2, 0) is 0 Å². The van der Waals surface area contributed by atoms with E-state index in [1.807, 2.05) is 43.3 Å². The van der Waals surface area contributed by atoms with Crippen LogP contribution in [0.15, 0.2) is 60.2 Å². The van der Waals surface area contributed by atoms with Gasteiger partial charge in [-0.1, -0.05) is 72.7 Å². The summed E-state index contributed by atoms with van der Waals surface area (Å²) < 4.78 is 0. The van der Waals surface area contributed by atoms with Crippen molar-refractivity contribution in [1.82, 2.24) is 9.97 Å². The molecule has 1 atom stereocenters. The van der Waals surface area contributed by atoms with Gasteiger partial charge in [0.2, 0.25) is 0 Å². The molecule has 2 aromatic rings. The SMILES string of the molecule is C/C=C(C)\C=C/C(C)c1cc(Cl)nc(-c2ccccc2)n1. The molecular weight excluding hydrogens is 280 g/mol. The smallest absolute Gasteiger partial charge is 0.161 e. The number of aromatic nitrogens is 2. The third-order valence-corrected chi connectivity index (χ3v) is 3.51. The van der Waals surface area contributed by atoms with Crippen LogP contribution in [0.4, 0.5) is 0 Å². The maximum atomic E-state index is 6.15. The minimum absolute atomic E-state index is 0.183. The normalized spacial score (nSPS) is 13.6. The monoisotopic (exact) mass is 298 g/mol. The Bertz CT molecular complexity index is 660. The topological polar surface area (TPSA) is 25.8 Å². The van der Waals surface area contributed by atoms with Gasteiger partial charge in [-0.05, 0) is 19.9 Å². The highest BCUT2D eigenvalue weighted by Crippen LogP contribution is 2.23. The summed E-state index contributed by atoms with van der Waals surface area (Å²) in [6.07, 6.45) is 6.30. The molecule has 21 heavy (non-hydrogen) atoms. The first-order valence-electron chi connectivity index (χ1n) is 7.01. The lowest BCUT2D eigenvalue weighted by molar-refractivity contribution is 0.894. The second-order valence-electron chi connectivity index (χ2n) is 4.99. The van der Waals surface area contributed by atoms with E-state index in [1.165, 1.54) is 5.57 Å². The van der Waals surface area contributed by atoms with Crippen LogP contribution in [0.5, 0.6) is 0 Å². The number of hydrogen-bond donors (Lipinski definition) is 0. The fraction of sp³-hybridized carbons (Fsp3) is 0.222. The fourth-order valence-electron chi connectivity index (χ4n) is 1.88. The molecule has 108 valence electrons. The Kier molecular flexibility index (Phi) is 5.29. The summed E-state index contributed by atoms with van der Waals surface area (Å²) in [5.74, 6) is 0.851. The maximum Gasteiger partial charge on any atom is 0.161 e. The molecule has 0 saturated heterocycles. The standard InChI is InChI=1S/C18H19ClN2/c1-4-13(2)10-11-14(3)16-12-17(19)21-18(20-16)15-8-6-5-7-9-15/h4-12,14H,1-3H3/b11-10-,13-4-. The van der Waals surface area contributed by atoms with E-state index in [4.69, 9.17) is 11.6 Å². The zero-order valence-corrected chi connectivity index (χ0v) is 13.3. The van der Waals surface area contributed by atoms with E-state index in [1.54, 1.807) is 0 Å². The molecule has 0 spiro atoms. The lowest BCUT2D eigenvalue weighted by Gasteiger charge is -2.09. The van der Waals surface area contributed by atoms with Gasteiger partial charge in [0.1, 0.15) is 5.15 Å². The Hall–Kier alpha value is -1.93. The van der Waals surface area contributed by atoms with Crippen LogP contribution in [0.1, 0.15) is 32.4 Å². The van der Waals surface area contributed by atoms with Crippen LogP contribution < -0.4 is 0 Å². The summed E-state index contributed by atoms with van der Waals surface area (Å²) in [7, 11) is 0. The lowest BCUT2D eigenvalue weighted by Crippen LogP contribution is -1.99. The highest BCUT2D eigenvalue weighted by molar-refractivity contribution is 6.29. The number of hydrogen-bond acceptors (Lipinski definition) is 2. The first-order valence-corrected chi connectivity index (χ1v) is 7.39. The van der Waals surface area contributed by atoms with E-state index in [-0.39, 0.29) is 5.92 Å². The third-order valence-electron chi connectivity index (χ3n) is 3.32. The first kappa shape index (κ1) is 15.5. The van der Waals surface area contributed by atoms with Crippen LogP contribution >= 0.6 is 11.6 Å². The highest BCUT2D eigenvalue weighted by atomic mass is 35.5. The number of nitrogens with zero attached hydrogens (tertiary/aromatic N) is 2. The summed E-state index contributed by atoms with van der Waals surface area (Å²) in [6.45, 7) is 6.21. The summed E-state index contributed by atoms with van der Waals surface area (Å²) >= 11 is 6.15. The van der Waals surface area contributed by atoms with E-state index >= 15 is 0 Å². The molecule has 0 fully saturated rings. The minimum Gasteiger partial charge on any atom is -0.232 e. The van der Waals surface area contributed by atoms with Gasteiger partial charge in [0.15, 0.2) is 5.82 Å². The Morgan fingerprint density at radius 3 is 2.57 bits per heavy atom. The number of rotatable bonds is 4. The summed E-state index contributed by atoms with van der Waals surface area (Å²) in [4.78, 5) is 8.96. The van der Waals surface area contributed by atoms with Crippen molar-refractivity contribution in [3.8, 4) is 11.4 Å². The molecule has 3 heteroatoms. The van der Waals surface area contributed by atoms with E-state index in [9.17, 15) is 0 Å². The Morgan fingerprint density at radius 2 is 1.90 bits per heavy atom. The van der Waals surface area contributed by atoms with Gasteiger partial charge in [-0.3, -0.25) is 0 Å². The Morgan fingerprint density at radius 1 is 1.19 bits per heavy atom. The number of halogens is 1. The van der Waals surface area contributed by atoms with Gasteiger partial charge in [0.25, 0.3) is 0 Å². The van der Waals surface area contributed by atoms with Gasteiger partial charge in [0.05, 0.1) is 5.69 Å². The molecule has 0 amide bonds. The molecule has 0 saturated carbocycles. The molecule has 0 aliphatic rings. The van der Waals surface area contributed by atoms with Crippen LogP contribution in [-0.4, -0.2) is 9.97 Å². The van der Waals surface area contributed by atoms with Gasteiger partial charge in [-0.2, -0.15) is 0 Å². The molecule has 2 rings (SSSR count). The molecule has 0 bridgehead atoms. The van der Waals surface area contributed by atoms with Crippen molar-refractivity contribution in [2.75, 3.05) is 0 Å². The molecule has 1 heterocycles. The van der Waals surface area contributed by atoms with Crippen LogP contribution in [0.2, 0.25) is 5.15 Å². The number of benzene rings is 1. The zero-order chi connectivity index (χ0) is 15.2. The van der Waals surface area contributed by atoms with Gasteiger partial charge in [0, 0.05) is 11.5 Å². The Labute approximate surface area is 131 Å². The minimum atomic E-state index is 0.183. The van der Waals surface area contributed by atoms with Crippen LogP contribution in [0.25, 0.3) is 11.4 Å². The quantitative estimate of drug-likeness (QED) is 0.556. The molecule has 1 unspecified atom stereocenters. The van der Waals surface area contributed by atoms with Crippen molar-refractivity contribution in [3.63, 3.8) is 0 Å². The van der Waals surface area contributed by atoms with Gasteiger partial charge < -0.3 is 0 Å². The fourth-order valence-corrected chi connectivity index (χ4v) is 2.07. The number of allylic oxidation sites excluding steroid dienone is 4. The lowest BCUT2D eigenvalue weighted by atomic mass is 10.1. The van der Waals surface area contributed by atoms with E-state index in [2.05, 4.69) is 42.0 Å². The van der Waals surface area contributed by atoms with Crippen molar-refractivity contribution in [2.24, 2.45) is 0 Å². The molecule has 1 aromatic carbocycles. The van der Waals surface area contributed by atoms with E-state index < -0.39 is 0 Å². The summed E-state index contributed by atoms with van der Waals surface area (Å²) in [5.41, 5.74) is 3.13. The maximum absolute atomic E-state index is 6.15.